The second-order valence-electron chi connectivity index (χ2n) is 7.77. The van der Waals surface area contributed by atoms with Gasteiger partial charge in [-0.15, -0.1) is 0 Å². The van der Waals surface area contributed by atoms with Crippen LogP contribution in [0.15, 0.2) is 76.1 Å². The molecule has 8 nitrogen and oxygen atoms in total. The summed E-state index contributed by atoms with van der Waals surface area (Å²) in [6, 6.07) is 17.5. The van der Waals surface area contributed by atoms with Crippen LogP contribution < -0.4 is 15.7 Å². The summed E-state index contributed by atoms with van der Waals surface area (Å²) in [6.45, 7) is 0.493. The van der Waals surface area contributed by atoms with Crippen LogP contribution in [-0.4, -0.2) is 26.2 Å². The molecule has 34 heavy (non-hydrogen) atoms. The monoisotopic (exact) mass is 459 g/mol. The minimum absolute atomic E-state index is 0.0371. The molecule has 3 heterocycles. The topological polar surface area (TPSA) is 87.1 Å². The Morgan fingerprint density at radius 1 is 1.06 bits per heavy atom. The second kappa shape index (κ2) is 8.86. The number of benzene rings is 2. The molecule has 0 fully saturated rings. The van der Waals surface area contributed by atoms with E-state index in [9.17, 15) is 9.18 Å². The van der Waals surface area contributed by atoms with E-state index in [1.54, 1.807) is 50.8 Å². The van der Waals surface area contributed by atoms with E-state index in [1.807, 2.05) is 24.3 Å². The fourth-order valence-corrected chi connectivity index (χ4v) is 3.84. The van der Waals surface area contributed by atoms with Crippen molar-refractivity contribution in [1.29, 1.82) is 0 Å². The minimum Gasteiger partial charge on any atom is -0.497 e. The number of nitrogens with zero attached hydrogens (tertiary/aromatic N) is 4. The number of hydrogen-bond donors (Lipinski definition) is 1. The SMILES string of the molecule is COc1ccc(CNc2nc(-c3ccco3)c3c(n2)n(Cc2ccccc2F)c(=O)n3C)cc1. The van der Waals surface area contributed by atoms with Crippen LogP contribution >= 0.6 is 0 Å². The number of furan rings is 1. The first-order chi connectivity index (χ1) is 16.5. The summed E-state index contributed by atoms with van der Waals surface area (Å²) in [7, 11) is 3.26. The molecule has 172 valence electrons. The number of rotatable bonds is 7. The maximum atomic E-state index is 14.4. The van der Waals surface area contributed by atoms with Crippen molar-refractivity contribution in [3.63, 3.8) is 0 Å². The number of aromatic nitrogens is 4. The lowest BCUT2D eigenvalue weighted by molar-refractivity contribution is 0.414. The Morgan fingerprint density at radius 3 is 2.56 bits per heavy atom. The number of aryl methyl sites for hydroxylation is 1. The molecule has 0 aliphatic heterocycles. The van der Waals surface area contributed by atoms with Gasteiger partial charge in [-0.05, 0) is 35.9 Å². The molecule has 0 radical (unpaired) electrons. The summed E-state index contributed by atoms with van der Waals surface area (Å²) in [4.78, 5) is 22.4. The highest BCUT2D eigenvalue weighted by Crippen LogP contribution is 2.28. The zero-order valence-electron chi connectivity index (χ0n) is 18.7. The number of hydrogen-bond acceptors (Lipinski definition) is 6. The van der Waals surface area contributed by atoms with Gasteiger partial charge in [0.25, 0.3) is 0 Å². The van der Waals surface area contributed by atoms with Crippen molar-refractivity contribution in [2.45, 2.75) is 13.1 Å². The lowest BCUT2D eigenvalue weighted by Crippen LogP contribution is -2.23. The van der Waals surface area contributed by atoms with E-state index in [2.05, 4.69) is 15.3 Å². The molecule has 0 aliphatic rings. The van der Waals surface area contributed by atoms with Crippen LogP contribution in [0.2, 0.25) is 0 Å². The third-order valence-corrected chi connectivity index (χ3v) is 5.63. The summed E-state index contributed by atoms with van der Waals surface area (Å²) in [5.41, 5.74) is 2.43. The van der Waals surface area contributed by atoms with Gasteiger partial charge in [0.05, 0.1) is 19.9 Å². The Kier molecular flexibility index (Phi) is 5.59. The highest BCUT2D eigenvalue weighted by Gasteiger charge is 2.21. The second-order valence-corrected chi connectivity index (χ2v) is 7.77. The van der Waals surface area contributed by atoms with Crippen molar-refractivity contribution in [2.24, 2.45) is 7.05 Å². The van der Waals surface area contributed by atoms with Crippen LogP contribution in [0.3, 0.4) is 0 Å². The minimum atomic E-state index is -0.385. The Labute approximate surface area is 194 Å². The van der Waals surface area contributed by atoms with E-state index in [-0.39, 0.29) is 18.1 Å². The fourth-order valence-electron chi connectivity index (χ4n) is 3.84. The summed E-state index contributed by atoms with van der Waals surface area (Å²) < 4.78 is 28.1. The molecule has 0 atom stereocenters. The molecule has 0 saturated carbocycles. The van der Waals surface area contributed by atoms with Crippen LogP contribution in [0.25, 0.3) is 22.6 Å². The van der Waals surface area contributed by atoms with E-state index >= 15 is 0 Å². The van der Waals surface area contributed by atoms with Crippen molar-refractivity contribution in [1.82, 2.24) is 19.1 Å². The van der Waals surface area contributed by atoms with Gasteiger partial charge < -0.3 is 14.5 Å². The molecule has 5 aromatic rings. The molecule has 2 aromatic carbocycles. The normalized spacial score (nSPS) is 11.1. The highest BCUT2D eigenvalue weighted by molar-refractivity contribution is 5.87. The average Bonchev–Trinajstić information content (AvgIpc) is 3.48. The first-order valence-electron chi connectivity index (χ1n) is 10.7. The number of ether oxygens (including phenoxy) is 1. The quantitative estimate of drug-likeness (QED) is 0.393. The smallest absolute Gasteiger partial charge is 0.330 e. The van der Waals surface area contributed by atoms with E-state index < -0.39 is 0 Å². The van der Waals surface area contributed by atoms with Gasteiger partial charge in [-0.25, -0.2) is 14.2 Å². The number of methoxy groups -OCH3 is 1. The molecule has 0 amide bonds. The Balaban J connectivity index is 1.60. The molecule has 0 aliphatic carbocycles. The molecule has 5 rings (SSSR count). The fraction of sp³-hybridized carbons (Fsp3) is 0.160. The molecular formula is C25H22FN5O3. The number of fused-ring (bicyclic) bond motifs is 1. The van der Waals surface area contributed by atoms with Crippen LogP contribution in [0, 0.1) is 5.82 Å². The summed E-state index contributed by atoms with van der Waals surface area (Å²) in [5.74, 6) is 1.20. The van der Waals surface area contributed by atoms with Crippen molar-refractivity contribution in [2.75, 3.05) is 12.4 Å². The Hall–Kier alpha value is -4.40. The molecule has 9 heteroatoms. The predicted molar refractivity (Wildman–Crippen MR) is 126 cm³/mol. The zero-order chi connectivity index (χ0) is 23.7. The molecule has 3 aromatic heterocycles. The Bertz CT molecular complexity index is 1500. The van der Waals surface area contributed by atoms with Crippen molar-refractivity contribution >= 4 is 17.1 Å². The summed E-state index contributed by atoms with van der Waals surface area (Å²) in [6.07, 6.45) is 1.54. The highest BCUT2D eigenvalue weighted by atomic mass is 19.1. The van der Waals surface area contributed by atoms with E-state index in [1.165, 1.54) is 15.2 Å². The number of nitrogens with one attached hydrogen (secondary N) is 1. The third-order valence-electron chi connectivity index (χ3n) is 5.63. The summed E-state index contributed by atoms with van der Waals surface area (Å²) >= 11 is 0. The van der Waals surface area contributed by atoms with Crippen LogP contribution in [-0.2, 0) is 20.1 Å². The van der Waals surface area contributed by atoms with Gasteiger partial charge in [-0.2, -0.15) is 4.98 Å². The van der Waals surface area contributed by atoms with Crippen LogP contribution in [0.5, 0.6) is 5.75 Å². The predicted octanol–water partition coefficient (Wildman–Crippen LogP) is 4.20. The maximum absolute atomic E-state index is 14.4. The molecule has 1 N–H and O–H groups in total. The largest absolute Gasteiger partial charge is 0.497 e. The van der Waals surface area contributed by atoms with Crippen LogP contribution in [0.1, 0.15) is 11.1 Å². The number of halogens is 1. The van der Waals surface area contributed by atoms with E-state index in [4.69, 9.17) is 9.15 Å². The lowest BCUT2D eigenvalue weighted by atomic mass is 10.2. The van der Waals surface area contributed by atoms with Gasteiger partial charge >= 0.3 is 5.69 Å². The zero-order valence-corrected chi connectivity index (χ0v) is 18.7. The first kappa shape index (κ1) is 21.4. The number of imidazole rings is 1. The third kappa shape index (κ3) is 3.92. The standard InChI is InChI=1S/C25H22FN5O3/c1-30-22-21(20-8-5-13-34-20)28-24(27-14-16-9-11-18(33-2)12-10-16)29-23(22)31(25(30)32)15-17-6-3-4-7-19(17)26/h3-13H,14-15H2,1-2H3,(H,27,28,29). The van der Waals surface area contributed by atoms with Gasteiger partial charge in [0, 0.05) is 19.2 Å². The molecule has 0 spiro atoms. The molecule has 0 unspecified atom stereocenters. The Morgan fingerprint density at radius 2 is 1.85 bits per heavy atom. The van der Waals surface area contributed by atoms with Crippen LogP contribution in [0.4, 0.5) is 10.3 Å². The average molecular weight is 459 g/mol. The van der Waals surface area contributed by atoms with Gasteiger partial charge in [-0.3, -0.25) is 9.13 Å². The summed E-state index contributed by atoms with van der Waals surface area (Å²) in [5, 5.41) is 3.22. The maximum Gasteiger partial charge on any atom is 0.330 e. The van der Waals surface area contributed by atoms with E-state index in [0.29, 0.717) is 40.7 Å². The van der Waals surface area contributed by atoms with Gasteiger partial charge in [0.1, 0.15) is 22.8 Å². The van der Waals surface area contributed by atoms with E-state index in [0.717, 1.165) is 11.3 Å². The lowest BCUT2D eigenvalue weighted by Gasteiger charge is -2.10. The van der Waals surface area contributed by atoms with Gasteiger partial charge in [0.15, 0.2) is 11.4 Å². The van der Waals surface area contributed by atoms with Crippen molar-refractivity contribution < 1.29 is 13.5 Å². The van der Waals surface area contributed by atoms with Crippen molar-refractivity contribution in [3.05, 3.63) is 94.4 Å². The van der Waals surface area contributed by atoms with Gasteiger partial charge in [0.2, 0.25) is 5.95 Å². The molecular weight excluding hydrogens is 437 g/mol. The number of anilines is 1. The molecule has 0 bridgehead atoms. The van der Waals surface area contributed by atoms with Crippen molar-refractivity contribution in [3.8, 4) is 17.2 Å². The first-order valence-corrected chi connectivity index (χ1v) is 10.7. The molecule has 0 saturated heterocycles. The van der Waals surface area contributed by atoms with Gasteiger partial charge in [-0.1, -0.05) is 30.3 Å².